The van der Waals surface area contributed by atoms with E-state index in [1.165, 1.54) is 37.1 Å². The van der Waals surface area contributed by atoms with Gasteiger partial charge in [0, 0.05) is 33.3 Å². The number of rotatable bonds is 6. The fourth-order valence-corrected chi connectivity index (χ4v) is 4.01. The predicted molar refractivity (Wildman–Crippen MR) is 128 cm³/mol. The smallest absolute Gasteiger partial charge is 0.191 e. The van der Waals surface area contributed by atoms with Crippen molar-refractivity contribution in [1.82, 2.24) is 15.5 Å². The topological polar surface area (TPSA) is 48.9 Å². The summed E-state index contributed by atoms with van der Waals surface area (Å²) in [5.74, 6) is 1.62. The van der Waals surface area contributed by atoms with Gasteiger partial charge in [-0.2, -0.15) is 0 Å². The number of halogens is 1. The summed E-state index contributed by atoms with van der Waals surface area (Å²) in [5.41, 5.74) is 2.71. The van der Waals surface area contributed by atoms with Crippen molar-refractivity contribution in [3.63, 3.8) is 0 Å². The molecule has 28 heavy (non-hydrogen) atoms. The van der Waals surface area contributed by atoms with Crippen LogP contribution in [0.4, 0.5) is 0 Å². The Morgan fingerprint density at radius 1 is 1.21 bits per heavy atom. The van der Waals surface area contributed by atoms with Gasteiger partial charge in [0.2, 0.25) is 0 Å². The number of hydrogen-bond donors (Lipinski definition) is 2. The number of nitrogens with one attached hydrogen (secondary N) is 2. The lowest BCUT2D eigenvalue weighted by atomic mass is 9.96. The molecule has 6 heteroatoms. The lowest BCUT2D eigenvalue weighted by Gasteiger charge is -2.32. The molecule has 2 aliphatic rings. The number of hydrogen-bond acceptors (Lipinski definition) is 3. The molecule has 0 spiro atoms. The zero-order chi connectivity index (χ0) is 19.1. The Hall–Kier alpha value is -0.860. The fourth-order valence-electron chi connectivity index (χ4n) is 4.01. The lowest BCUT2D eigenvalue weighted by molar-refractivity contribution is 0.0242. The van der Waals surface area contributed by atoms with Gasteiger partial charge in [-0.1, -0.05) is 29.8 Å². The number of piperidine rings is 1. The van der Waals surface area contributed by atoms with E-state index in [1.54, 1.807) is 0 Å². The quantitative estimate of drug-likeness (QED) is 0.357. The van der Waals surface area contributed by atoms with E-state index in [2.05, 4.69) is 58.6 Å². The lowest BCUT2D eigenvalue weighted by Crippen LogP contribution is -2.47. The summed E-state index contributed by atoms with van der Waals surface area (Å²) in [6.07, 6.45) is 4.77. The number of ether oxygens (including phenoxy) is 1. The van der Waals surface area contributed by atoms with Gasteiger partial charge >= 0.3 is 0 Å². The van der Waals surface area contributed by atoms with Gasteiger partial charge in [0.15, 0.2) is 5.96 Å². The van der Waals surface area contributed by atoms with Gasteiger partial charge < -0.3 is 15.4 Å². The van der Waals surface area contributed by atoms with Crippen molar-refractivity contribution < 1.29 is 4.74 Å². The van der Waals surface area contributed by atoms with Crippen molar-refractivity contribution in [1.29, 1.82) is 0 Å². The van der Waals surface area contributed by atoms with Crippen LogP contribution in [0.15, 0.2) is 29.3 Å². The van der Waals surface area contributed by atoms with Gasteiger partial charge in [-0.05, 0) is 64.1 Å². The third-order valence-electron chi connectivity index (χ3n) is 5.95. The number of aliphatic imine (C=N–C) groups is 1. The molecule has 0 saturated carbocycles. The normalized spacial score (nSPS) is 24.0. The molecule has 2 N–H and O–H groups in total. The van der Waals surface area contributed by atoms with Crippen molar-refractivity contribution >= 4 is 29.9 Å². The van der Waals surface area contributed by atoms with Crippen molar-refractivity contribution in [2.24, 2.45) is 10.9 Å². The van der Waals surface area contributed by atoms with E-state index in [1.807, 2.05) is 7.05 Å². The second kappa shape index (κ2) is 11.4. The molecule has 2 aliphatic heterocycles. The van der Waals surface area contributed by atoms with Crippen LogP contribution in [0.2, 0.25) is 0 Å². The molecule has 0 bridgehead atoms. The number of guanidine groups is 1. The molecule has 0 aromatic heterocycles. The van der Waals surface area contributed by atoms with Gasteiger partial charge in [-0.25, -0.2) is 0 Å². The van der Waals surface area contributed by atoms with Crippen LogP contribution in [-0.2, 0) is 11.3 Å². The SMILES string of the molecule is CN=C(NCC1CCN(Cc2ccc(C)cc2)CC1)NCC1(C)CCCO1.I. The Morgan fingerprint density at radius 2 is 1.93 bits per heavy atom. The minimum atomic E-state index is -0.0427. The molecular formula is C22H37IN4O. The standard InChI is InChI=1S/C22H36N4O.HI/c1-18-5-7-20(8-6-18)16-26-12-9-19(10-13-26)15-24-21(23-3)25-17-22(2)11-4-14-27-22;/h5-8,19H,4,9-17H2,1-3H3,(H2,23,24,25);1H. The van der Waals surface area contributed by atoms with E-state index in [0.29, 0.717) is 0 Å². The highest BCUT2D eigenvalue weighted by molar-refractivity contribution is 14.0. The van der Waals surface area contributed by atoms with E-state index in [4.69, 9.17) is 4.74 Å². The minimum Gasteiger partial charge on any atom is -0.373 e. The van der Waals surface area contributed by atoms with E-state index in [-0.39, 0.29) is 29.6 Å². The van der Waals surface area contributed by atoms with Crippen LogP contribution in [0.3, 0.4) is 0 Å². The van der Waals surface area contributed by atoms with Crippen LogP contribution < -0.4 is 10.6 Å². The molecule has 158 valence electrons. The summed E-state index contributed by atoms with van der Waals surface area (Å²) < 4.78 is 5.85. The molecule has 2 fully saturated rings. The zero-order valence-electron chi connectivity index (χ0n) is 17.7. The molecular weight excluding hydrogens is 463 g/mol. The van der Waals surface area contributed by atoms with E-state index >= 15 is 0 Å². The second-order valence-electron chi connectivity index (χ2n) is 8.41. The Balaban J connectivity index is 0.00000280. The van der Waals surface area contributed by atoms with Crippen LogP contribution in [0.25, 0.3) is 0 Å². The van der Waals surface area contributed by atoms with Gasteiger partial charge in [-0.15, -0.1) is 24.0 Å². The van der Waals surface area contributed by atoms with Crippen molar-refractivity contribution in [2.45, 2.75) is 51.7 Å². The van der Waals surface area contributed by atoms with Crippen LogP contribution in [0.5, 0.6) is 0 Å². The average Bonchev–Trinajstić information content (AvgIpc) is 3.12. The van der Waals surface area contributed by atoms with E-state index < -0.39 is 0 Å². The maximum Gasteiger partial charge on any atom is 0.191 e. The summed E-state index contributed by atoms with van der Waals surface area (Å²) in [6.45, 7) is 10.5. The van der Waals surface area contributed by atoms with E-state index in [0.717, 1.165) is 51.0 Å². The van der Waals surface area contributed by atoms with Crippen molar-refractivity contribution in [2.75, 3.05) is 39.8 Å². The van der Waals surface area contributed by atoms with Crippen LogP contribution >= 0.6 is 24.0 Å². The molecule has 2 heterocycles. The van der Waals surface area contributed by atoms with Crippen molar-refractivity contribution in [3.05, 3.63) is 35.4 Å². The third kappa shape index (κ3) is 7.19. The molecule has 3 rings (SSSR count). The Bertz CT molecular complexity index is 605. The first-order valence-electron chi connectivity index (χ1n) is 10.4. The van der Waals surface area contributed by atoms with Gasteiger partial charge in [0.25, 0.3) is 0 Å². The molecule has 0 radical (unpaired) electrons. The van der Waals surface area contributed by atoms with Crippen LogP contribution in [-0.4, -0.2) is 56.3 Å². The van der Waals surface area contributed by atoms with Gasteiger partial charge in [0.05, 0.1) is 5.60 Å². The molecule has 1 aromatic carbocycles. The third-order valence-corrected chi connectivity index (χ3v) is 5.95. The minimum absolute atomic E-state index is 0. The highest BCUT2D eigenvalue weighted by Gasteiger charge is 2.29. The number of nitrogens with zero attached hydrogens (tertiary/aromatic N) is 2. The first-order chi connectivity index (χ1) is 13.1. The number of benzene rings is 1. The van der Waals surface area contributed by atoms with Crippen molar-refractivity contribution in [3.8, 4) is 0 Å². The largest absolute Gasteiger partial charge is 0.373 e. The second-order valence-corrected chi connectivity index (χ2v) is 8.41. The highest BCUT2D eigenvalue weighted by atomic mass is 127. The molecule has 5 nitrogen and oxygen atoms in total. The summed E-state index contributed by atoms with van der Waals surface area (Å²) in [7, 11) is 1.84. The fraction of sp³-hybridized carbons (Fsp3) is 0.682. The van der Waals surface area contributed by atoms with Gasteiger partial charge in [0.1, 0.15) is 0 Å². The summed E-state index contributed by atoms with van der Waals surface area (Å²) in [4.78, 5) is 6.95. The van der Waals surface area contributed by atoms with Crippen LogP contribution in [0.1, 0.15) is 43.7 Å². The Kier molecular flexibility index (Phi) is 9.50. The molecule has 0 amide bonds. The Labute approximate surface area is 187 Å². The number of aryl methyl sites for hydroxylation is 1. The number of likely N-dealkylation sites (tertiary alicyclic amines) is 1. The van der Waals surface area contributed by atoms with Gasteiger partial charge in [-0.3, -0.25) is 9.89 Å². The maximum absolute atomic E-state index is 5.85. The maximum atomic E-state index is 5.85. The Morgan fingerprint density at radius 3 is 2.54 bits per heavy atom. The average molecular weight is 500 g/mol. The molecule has 2 saturated heterocycles. The molecule has 1 aromatic rings. The molecule has 1 unspecified atom stereocenters. The predicted octanol–water partition coefficient (Wildman–Crippen LogP) is 3.56. The first-order valence-corrected chi connectivity index (χ1v) is 10.4. The first kappa shape index (κ1) is 23.4. The van der Waals surface area contributed by atoms with Crippen LogP contribution in [0, 0.1) is 12.8 Å². The zero-order valence-corrected chi connectivity index (χ0v) is 20.0. The van der Waals surface area contributed by atoms with E-state index in [9.17, 15) is 0 Å². The summed E-state index contributed by atoms with van der Waals surface area (Å²) in [5, 5.41) is 6.96. The molecule has 0 aliphatic carbocycles. The highest BCUT2D eigenvalue weighted by Crippen LogP contribution is 2.24. The summed E-state index contributed by atoms with van der Waals surface area (Å²) >= 11 is 0. The monoisotopic (exact) mass is 500 g/mol. The molecule has 1 atom stereocenters. The summed E-state index contributed by atoms with van der Waals surface area (Å²) in [6, 6.07) is 8.93.